The number of carbonyl (C=O) groups is 1. The molecule has 0 bridgehead atoms. The molecule has 1 atom stereocenters. The summed E-state index contributed by atoms with van der Waals surface area (Å²) >= 11 is 0. The summed E-state index contributed by atoms with van der Waals surface area (Å²) in [5, 5.41) is 23.5. The van der Waals surface area contributed by atoms with Gasteiger partial charge in [0.05, 0.1) is 24.2 Å². The van der Waals surface area contributed by atoms with Crippen LogP contribution in [-0.2, 0) is 6.42 Å². The molecule has 10 heteroatoms. The van der Waals surface area contributed by atoms with E-state index in [4.69, 9.17) is 9.84 Å². The van der Waals surface area contributed by atoms with E-state index in [1.165, 1.54) is 6.20 Å². The van der Waals surface area contributed by atoms with Gasteiger partial charge in [-0.3, -0.25) is 4.79 Å². The van der Waals surface area contributed by atoms with E-state index >= 15 is 0 Å². The molecule has 5 rings (SSSR count). The fourth-order valence-electron chi connectivity index (χ4n) is 4.30. The summed E-state index contributed by atoms with van der Waals surface area (Å²) in [6.45, 7) is 2.40. The van der Waals surface area contributed by atoms with Crippen molar-refractivity contribution in [2.45, 2.75) is 38.0 Å². The van der Waals surface area contributed by atoms with Crippen LogP contribution in [0.4, 0.5) is 15.8 Å². The second-order valence-corrected chi connectivity index (χ2v) is 8.31. The minimum atomic E-state index is -1.55. The van der Waals surface area contributed by atoms with E-state index in [-0.39, 0.29) is 24.9 Å². The van der Waals surface area contributed by atoms with Gasteiger partial charge >= 0.3 is 0 Å². The van der Waals surface area contributed by atoms with Gasteiger partial charge in [-0.05, 0) is 19.1 Å². The number of fused-ring (bicyclic) bond motifs is 2. The lowest BCUT2D eigenvalue weighted by Crippen LogP contribution is -2.44. The number of anilines is 2. The second kappa shape index (κ2) is 9.32. The standard InChI is InChI=1S/C22H24FN5O3.CH4O/c1-14-9-15-10-17(26-21(30)16-12-25-28-6-2-5-24-20(16)28)18(11-19(15)31-14)27-7-3-22(23,13-29)4-8-27;1-2/h2,5-6,10-12,14,29H,3-4,7-9,13H2,1H3,(H,26,30);2H,1H3. The smallest absolute Gasteiger partial charge is 0.261 e. The number of halogens is 1. The van der Waals surface area contributed by atoms with Crippen LogP contribution in [0.15, 0.2) is 36.8 Å². The molecule has 1 saturated heterocycles. The maximum absolute atomic E-state index is 14.5. The van der Waals surface area contributed by atoms with Gasteiger partial charge in [0, 0.05) is 63.5 Å². The zero-order valence-electron chi connectivity index (χ0n) is 18.7. The lowest BCUT2D eigenvalue weighted by molar-refractivity contribution is 0.0481. The highest BCUT2D eigenvalue weighted by Crippen LogP contribution is 2.40. The van der Waals surface area contributed by atoms with Crippen molar-refractivity contribution in [1.82, 2.24) is 14.6 Å². The first-order chi connectivity index (χ1) is 16.0. The maximum atomic E-state index is 14.5. The number of aromatic nitrogens is 3. The summed E-state index contributed by atoms with van der Waals surface area (Å²) in [4.78, 5) is 19.4. The van der Waals surface area contributed by atoms with Crippen molar-refractivity contribution in [2.75, 3.05) is 37.0 Å². The zero-order valence-corrected chi connectivity index (χ0v) is 18.7. The van der Waals surface area contributed by atoms with E-state index in [0.29, 0.717) is 30.0 Å². The molecule has 3 N–H and O–H groups in total. The quantitative estimate of drug-likeness (QED) is 0.551. The van der Waals surface area contributed by atoms with Crippen molar-refractivity contribution in [2.24, 2.45) is 0 Å². The van der Waals surface area contributed by atoms with Crippen LogP contribution in [0.3, 0.4) is 0 Å². The van der Waals surface area contributed by atoms with Crippen LogP contribution in [0.5, 0.6) is 5.75 Å². The number of nitrogens with one attached hydrogen (secondary N) is 1. The predicted octanol–water partition coefficient (Wildman–Crippen LogP) is 2.21. The van der Waals surface area contributed by atoms with Crippen LogP contribution < -0.4 is 15.0 Å². The first kappa shape index (κ1) is 22.9. The van der Waals surface area contributed by atoms with E-state index in [0.717, 1.165) is 30.5 Å². The molecule has 2 aliphatic heterocycles. The molecule has 0 spiro atoms. The fraction of sp³-hybridized carbons (Fsp3) is 0.435. The third-order valence-corrected chi connectivity index (χ3v) is 6.07. The van der Waals surface area contributed by atoms with Crippen molar-refractivity contribution in [3.05, 3.63) is 47.9 Å². The summed E-state index contributed by atoms with van der Waals surface area (Å²) < 4.78 is 22.0. The normalized spacial score (nSPS) is 18.8. The van der Waals surface area contributed by atoms with Crippen LogP contribution in [0, 0.1) is 0 Å². The average Bonchev–Trinajstić information content (AvgIpc) is 3.43. The van der Waals surface area contributed by atoms with Crippen LogP contribution in [0.25, 0.3) is 5.65 Å². The topological polar surface area (TPSA) is 112 Å². The number of rotatable bonds is 4. The fourth-order valence-corrected chi connectivity index (χ4v) is 4.30. The molecule has 0 saturated carbocycles. The molecule has 1 amide bonds. The van der Waals surface area contributed by atoms with Crippen molar-refractivity contribution in [1.29, 1.82) is 0 Å². The third kappa shape index (κ3) is 4.49. The van der Waals surface area contributed by atoms with E-state index in [1.54, 1.807) is 23.0 Å². The highest BCUT2D eigenvalue weighted by atomic mass is 19.1. The monoisotopic (exact) mass is 457 g/mol. The number of aliphatic hydroxyl groups is 2. The molecule has 1 aromatic carbocycles. The summed E-state index contributed by atoms with van der Waals surface area (Å²) in [6, 6.07) is 5.61. The minimum absolute atomic E-state index is 0.0619. The number of aliphatic hydroxyl groups excluding tert-OH is 2. The van der Waals surface area contributed by atoms with E-state index < -0.39 is 12.3 Å². The lowest BCUT2D eigenvalue weighted by Gasteiger charge is -2.37. The van der Waals surface area contributed by atoms with Crippen LogP contribution in [0.2, 0.25) is 0 Å². The summed E-state index contributed by atoms with van der Waals surface area (Å²) in [5.41, 5.74) is 1.75. The van der Waals surface area contributed by atoms with Gasteiger partial charge in [0.15, 0.2) is 5.65 Å². The van der Waals surface area contributed by atoms with E-state index in [1.807, 2.05) is 24.0 Å². The number of hydrogen-bond acceptors (Lipinski definition) is 7. The number of hydrogen-bond donors (Lipinski definition) is 3. The zero-order chi connectivity index (χ0) is 23.6. The van der Waals surface area contributed by atoms with Gasteiger partial charge in [0.2, 0.25) is 0 Å². The number of benzene rings is 1. The molecule has 2 aliphatic rings. The van der Waals surface area contributed by atoms with Gasteiger partial charge in [0.25, 0.3) is 5.91 Å². The van der Waals surface area contributed by atoms with Crippen LogP contribution >= 0.6 is 0 Å². The SMILES string of the molecule is CC1Cc2cc(NC(=O)c3cnn4cccnc34)c(N3CCC(F)(CO)CC3)cc2O1.CO. The first-order valence-electron chi connectivity index (χ1n) is 10.9. The average molecular weight is 458 g/mol. The minimum Gasteiger partial charge on any atom is -0.490 e. The molecule has 1 fully saturated rings. The number of piperidine rings is 1. The molecule has 0 aliphatic carbocycles. The summed E-state index contributed by atoms with van der Waals surface area (Å²) in [6.07, 6.45) is 6.12. The Morgan fingerprint density at radius 1 is 1.33 bits per heavy atom. The molecular weight excluding hydrogens is 429 g/mol. The van der Waals surface area contributed by atoms with Crippen LogP contribution in [0.1, 0.15) is 35.7 Å². The van der Waals surface area contributed by atoms with E-state index in [9.17, 15) is 14.3 Å². The number of carbonyl (C=O) groups excluding carboxylic acids is 1. The number of ether oxygens (including phenoxy) is 1. The third-order valence-electron chi connectivity index (χ3n) is 6.07. The molecule has 2 aromatic heterocycles. The molecule has 33 heavy (non-hydrogen) atoms. The number of nitrogens with zero attached hydrogens (tertiary/aromatic N) is 4. The summed E-state index contributed by atoms with van der Waals surface area (Å²) in [7, 11) is 1.00. The first-order valence-corrected chi connectivity index (χ1v) is 10.9. The largest absolute Gasteiger partial charge is 0.490 e. The van der Waals surface area contributed by atoms with Gasteiger partial charge < -0.3 is 25.2 Å². The molecule has 0 radical (unpaired) electrons. The Balaban J connectivity index is 0.00000126. The van der Waals surface area contributed by atoms with Gasteiger partial charge in [0.1, 0.15) is 23.1 Å². The van der Waals surface area contributed by atoms with Crippen molar-refractivity contribution in [3.8, 4) is 5.75 Å². The Morgan fingerprint density at radius 2 is 2.09 bits per heavy atom. The molecule has 3 aromatic rings. The van der Waals surface area contributed by atoms with Crippen molar-refractivity contribution >= 4 is 22.9 Å². The van der Waals surface area contributed by atoms with Gasteiger partial charge in [-0.15, -0.1) is 0 Å². The van der Waals surface area contributed by atoms with Crippen molar-refractivity contribution < 1.29 is 24.1 Å². The molecule has 9 nitrogen and oxygen atoms in total. The molecule has 176 valence electrons. The van der Waals surface area contributed by atoms with Gasteiger partial charge in [-0.2, -0.15) is 5.10 Å². The number of alkyl halides is 1. The second-order valence-electron chi connectivity index (χ2n) is 8.31. The Bertz CT molecular complexity index is 1140. The molecule has 1 unspecified atom stereocenters. The van der Waals surface area contributed by atoms with Gasteiger partial charge in [-0.25, -0.2) is 13.9 Å². The maximum Gasteiger partial charge on any atom is 0.261 e. The van der Waals surface area contributed by atoms with Gasteiger partial charge in [-0.1, -0.05) is 0 Å². The Labute approximate surface area is 190 Å². The van der Waals surface area contributed by atoms with Crippen LogP contribution in [-0.4, -0.2) is 69.3 Å². The molecular formula is C23H28FN5O4. The predicted molar refractivity (Wildman–Crippen MR) is 122 cm³/mol. The summed E-state index contributed by atoms with van der Waals surface area (Å²) in [5.74, 6) is 0.478. The Kier molecular flexibility index (Phi) is 6.48. The Hall–Kier alpha value is -3.24. The highest BCUT2D eigenvalue weighted by Gasteiger charge is 2.35. The highest BCUT2D eigenvalue weighted by molar-refractivity contribution is 6.09. The van der Waals surface area contributed by atoms with E-state index in [2.05, 4.69) is 15.4 Å². The lowest BCUT2D eigenvalue weighted by atomic mass is 9.93. The number of amides is 1. The van der Waals surface area contributed by atoms with Crippen molar-refractivity contribution in [3.63, 3.8) is 0 Å². The molecule has 4 heterocycles. The Morgan fingerprint density at radius 3 is 2.82 bits per heavy atom.